The molecule has 0 unspecified atom stereocenters. The minimum absolute atomic E-state index is 0. The van der Waals surface area contributed by atoms with Crippen molar-refractivity contribution in [3.63, 3.8) is 0 Å². The maximum atomic E-state index is 10.7. The summed E-state index contributed by atoms with van der Waals surface area (Å²) >= 11 is 0. The molecule has 0 aliphatic rings. The van der Waals surface area contributed by atoms with Crippen molar-refractivity contribution >= 4 is 28.3 Å². The standard InChI is InChI=1S/C6H8O10S.Na/c7-3(8)1-6(5(11)12,2-4(9)10)16-17(13,14)15;/h1-2H2,(H,7,8)(H,9,10)(H,11,12)(H,13,14,15);/q;+1/p-1. The van der Waals surface area contributed by atoms with Gasteiger partial charge in [-0.05, 0) is 0 Å². The molecule has 0 aromatic heterocycles. The van der Waals surface area contributed by atoms with E-state index in [1.54, 1.807) is 0 Å². The molecule has 10 nitrogen and oxygen atoms in total. The Morgan fingerprint density at radius 2 is 1.39 bits per heavy atom. The van der Waals surface area contributed by atoms with E-state index < -0.39 is 46.7 Å². The summed E-state index contributed by atoms with van der Waals surface area (Å²) in [5, 5.41) is 25.4. The minimum Gasteiger partial charge on any atom is -0.725 e. The van der Waals surface area contributed by atoms with Crippen LogP contribution in [0.5, 0.6) is 0 Å². The third-order valence-corrected chi connectivity index (χ3v) is 2.05. The second-order valence-electron chi connectivity index (χ2n) is 2.93. The molecule has 0 atom stereocenters. The summed E-state index contributed by atoms with van der Waals surface area (Å²) in [6.45, 7) is 0. The predicted octanol–water partition coefficient (Wildman–Crippen LogP) is -4.76. The Balaban J connectivity index is 0. The van der Waals surface area contributed by atoms with E-state index in [-0.39, 0.29) is 29.6 Å². The normalized spacial score (nSPS) is 11.4. The van der Waals surface area contributed by atoms with Crippen LogP contribution in [-0.2, 0) is 29.0 Å². The number of carbonyl (C=O) groups is 3. The van der Waals surface area contributed by atoms with Crippen LogP contribution in [0.15, 0.2) is 0 Å². The first kappa shape index (κ1) is 19.6. The summed E-state index contributed by atoms with van der Waals surface area (Å²) in [7, 11) is -5.58. The molecule has 0 aliphatic carbocycles. The molecular weight excluding hydrogens is 287 g/mol. The molecule has 12 heteroatoms. The zero-order valence-corrected chi connectivity index (χ0v) is 11.8. The van der Waals surface area contributed by atoms with Crippen LogP contribution >= 0.6 is 0 Å². The predicted molar refractivity (Wildman–Crippen MR) is 45.7 cm³/mol. The van der Waals surface area contributed by atoms with E-state index >= 15 is 0 Å². The molecule has 0 saturated heterocycles. The van der Waals surface area contributed by atoms with E-state index in [1.165, 1.54) is 0 Å². The second kappa shape index (κ2) is 7.01. The van der Waals surface area contributed by atoms with Crippen LogP contribution in [0.2, 0.25) is 0 Å². The maximum absolute atomic E-state index is 10.7. The van der Waals surface area contributed by atoms with Crippen LogP contribution in [0.1, 0.15) is 12.8 Å². The molecule has 3 N–H and O–H groups in total. The van der Waals surface area contributed by atoms with Gasteiger partial charge in [0.25, 0.3) is 0 Å². The van der Waals surface area contributed by atoms with Crippen molar-refractivity contribution in [2.45, 2.75) is 18.4 Å². The van der Waals surface area contributed by atoms with Crippen molar-refractivity contribution in [1.29, 1.82) is 0 Å². The number of hydrogen-bond acceptors (Lipinski definition) is 7. The molecule has 0 aliphatic heterocycles. The summed E-state index contributed by atoms with van der Waals surface area (Å²) in [5.41, 5.74) is -3.15. The first-order valence-corrected chi connectivity index (χ1v) is 5.15. The van der Waals surface area contributed by atoms with Gasteiger partial charge in [-0.15, -0.1) is 0 Å². The third kappa shape index (κ3) is 6.88. The van der Waals surface area contributed by atoms with E-state index in [2.05, 4.69) is 4.18 Å². The van der Waals surface area contributed by atoms with Gasteiger partial charge < -0.3 is 19.9 Å². The van der Waals surface area contributed by atoms with E-state index in [1.807, 2.05) is 0 Å². The van der Waals surface area contributed by atoms with Crippen LogP contribution in [-0.4, -0.2) is 51.8 Å². The quantitative estimate of drug-likeness (QED) is 0.234. The Morgan fingerprint density at radius 1 is 1.06 bits per heavy atom. The van der Waals surface area contributed by atoms with Gasteiger partial charge in [-0.25, -0.2) is 13.2 Å². The summed E-state index contributed by atoms with van der Waals surface area (Å²) in [4.78, 5) is 31.4. The largest absolute Gasteiger partial charge is 1.00 e. The van der Waals surface area contributed by atoms with Gasteiger partial charge in [-0.1, -0.05) is 0 Å². The Bertz CT molecular complexity index is 423. The van der Waals surface area contributed by atoms with Crippen molar-refractivity contribution in [1.82, 2.24) is 0 Å². The fraction of sp³-hybridized carbons (Fsp3) is 0.500. The first-order chi connectivity index (χ1) is 7.48. The molecule has 98 valence electrons. The summed E-state index contributed by atoms with van der Waals surface area (Å²) in [5.74, 6) is -5.85. The van der Waals surface area contributed by atoms with Crippen LogP contribution in [0.4, 0.5) is 0 Å². The van der Waals surface area contributed by atoms with Crippen molar-refractivity contribution < 1.29 is 76.4 Å². The number of rotatable bonds is 7. The molecule has 0 rings (SSSR count). The molecule has 0 saturated carbocycles. The molecule has 0 spiro atoms. The summed E-state index contributed by atoms with van der Waals surface area (Å²) in [6, 6.07) is 0. The molecular formula is C6H7NaO10S. The monoisotopic (exact) mass is 294 g/mol. The number of aliphatic carboxylic acids is 3. The van der Waals surface area contributed by atoms with Gasteiger partial charge in [0.15, 0.2) is 0 Å². The molecule has 0 amide bonds. The van der Waals surface area contributed by atoms with Crippen LogP contribution in [0, 0.1) is 0 Å². The number of carboxylic acid groups (broad SMARTS) is 3. The van der Waals surface area contributed by atoms with E-state index in [9.17, 15) is 27.4 Å². The fourth-order valence-electron chi connectivity index (χ4n) is 0.992. The SMILES string of the molecule is O=C(O)CC(CC(=O)O)(OS(=O)(=O)[O-])C(=O)O.[Na+]. The van der Waals surface area contributed by atoms with E-state index in [0.29, 0.717) is 0 Å². The maximum Gasteiger partial charge on any atom is 1.00 e. The van der Waals surface area contributed by atoms with Gasteiger partial charge in [-0.3, -0.25) is 13.8 Å². The second-order valence-corrected chi connectivity index (χ2v) is 3.92. The van der Waals surface area contributed by atoms with Crippen molar-refractivity contribution in [3.05, 3.63) is 0 Å². The zero-order chi connectivity index (χ0) is 13.9. The van der Waals surface area contributed by atoms with Crippen LogP contribution in [0.3, 0.4) is 0 Å². The van der Waals surface area contributed by atoms with Gasteiger partial charge >= 0.3 is 47.5 Å². The van der Waals surface area contributed by atoms with Gasteiger partial charge in [0, 0.05) is 0 Å². The van der Waals surface area contributed by atoms with Gasteiger partial charge in [-0.2, -0.15) is 0 Å². The molecule has 0 aromatic carbocycles. The van der Waals surface area contributed by atoms with Crippen molar-refractivity contribution in [3.8, 4) is 0 Å². The third-order valence-electron chi connectivity index (χ3n) is 1.52. The van der Waals surface area contributed by atoms with Gasteiger partial charge in [0.1, 0.15) is 0 Å². The average Bonchev–Trinajstić information content (AvgIpc) is 1.96. The fourth-order valence-corrected chi connectivity index (χ4v) is 1.57. The Labute approximate surface area is 123 Å². The van der Waals surface area contributed by atoms with Gasteiger partial charge in [0.2, 0.25) is 16.0 Å². The molecule has 0 radical (unpaired) electrons. The Morgan fingerprint density at radius 3 is 1.56 bits per heavy atom. The Hall–Kier alpha value is -0.720. The molecule has 0 bridgehead atoms. The number of hydrogen-bond donors (Lipinski definition) is 3. The zero-order valence-electron chi connectivity index (χ0n) is 9.02. The Kier molecular flexibility index (Phi) is 7.64. The summed E-state index contributed by atoms with van der Waals surface area (Å²) < 4.78 is 34.4. The first-order valence-electron chi connectivity index (χ1n) is 3.82. The molecule has 0 aromatic rings. The smallest absolute Gasteiger partial charge is 0.725 e. The van der Waals surface area contributed by atoms with Crippen LogP contribution in [0.25, 0.3) is 0 Å². The minimum atomic E-state index is -5.58. The molecule has 18 heavy (non-hydrogen) atoms. The number of carboxylic acids is 3. The average molecular weight is 294 g/mol. The van der Waals surface area contributed by atoms with Crippen molar-refractivity contribution in [2.24, 2.45) is 0 Å². The van der Waals surface area contributed by atoms with Crippen molar-refractivity contribution in [2.75, 3.05) is 0 Å². The van der Waals surface area contributed by atoms with E-state index in [0.717, 1.165) is 0 Å². The topological polar surface area (TPSA) is 178 Å². The van der Waals surface area contributed by atoms with Gasteiger partial charge in [0.05, 0.1) is 12.8 Å². The molecule has 0 heterocycles. The molecule has 0 fully saturated rings. The van der Waals surface area contributed by atoms with Crippen LogP contribution < -0.4 is 29.6 Å². The summed E-state index contributed by atoms with van der Waals surface area (Å²) in [6.07, 6.45) is -2.98. The van der Waals surface area contributed by atoms with E-state index in [4.69, 9.17) is 15.3 Å².